The zero-order valence-electron chi connectivity index (χ0n) is 9.01. The van der Waals surface area contributed by atoms with Crippen molar-refractivity contribution >= 4 is 11.7 Å². The lowest BCUT2D eigenvalue weighted by atomic mass is 10.3. The molecule has 84 valence electrons. The maximum absolute atomic E-state index is 13.1. The Morgan fingerprint density at radius 3 is 2.88 bits per heavy atom. The summed E-state index contributed by atoms with van der Waals surface area (Å²) >= 11 is 0. The molecule has 0 radical (unpaired) electrons. The number of carbonyl (C=O) groups excluding carboxylic acids is 1. The summed E-state index contributed by atoms with van der Waals surface area (Å²) in [7, 11) is 0. The summed E-state index contributed by atoms with van der Waals surface area (Å²) in [6, 6.07) is 5.58. The topological polar surface area (TPSA) is 41.1 Å². The van der Waals surface area contributed by atoms with Gasteiger partial charge in [0, 0.05) is 13.0 Å². The lowest BCUT2D eigenvalue weighted by Crippen LogP contribution is -2.29. The minimum atomic E-state index is -0.453. The van der Waals surface area contributed by atoms with Crippen LogP contribution in [0.3, 0.4) is 0 Å². The molecule has 0 saturated carbocycles. The molecule has 2 N–H and O–H groups in total. The van der Waals surface area contributed by atoms with E-state index in [9.17, 15) is 9.18 Å². The number of nitrogens with one attached hydrogen (secondary N) is 2. The van der Waals surface area contributed by atoms with Crippen molar-refractivity contribution in [3.8, 4) is 11.8 Å². The van der Waals surface area contributed by atoms with Crippen molar-refractivity contribution in [2.45, 2.75) is 13.3 Å². The number of para-hydroxylation sites is 1. The number of anilines is 1. The van der Waals surface area contributed by atoms with Gasteiger partial charge in [0.1, 0.15) is 5.82 Å². The van der Waals surface area contributed by atoms with Gasteiger partial charge in [0.05, 0.1) is 5.69 Å². The van der Waals surface area contributed by atoms with Crippen LogP contribution in [0.4, 0.5) is 14.9 Å². The van der Waals surface area contributed by atoms with Gasteiger partial charge in [-0.05, 0) is 19.1 Å². The molecular weight excluding hydrogens is 207 g/mol. The molecule has 0 bridgehead atoms. The van der Waals surface area contributed by atoms with Gasteiger partial charge in [-0.3, -0.25) is 0 Å². The quantitative estimate of drug-likeness (QED) is 0.596. The third-order valence-electron chi connectivity index (χ3n) is 1.83. The number of hydrogen-bond acceptors (Lipinski definition) is 1. The number of rotatable bonds is 3. The lowest BCUT2D eigenvalue weighted by molar-refractivity contribution is 0.252. The lowest BCUT2D eigenvalue weighted by Gasteiger charge is -2.06. The Kier molecular flexibility index (Phi) is 4.87. The molecule has 0 atom stereocenters. The Morgan fingerprint density at radius 2 is 2.19 bits per heavy atom. The van der Waals surface area contributed by atoms with Crippen molar-refractivity contribution in [3.63, 3.8) is 0 Å². The van der Waals surface area contributed by atoms with Gasteiger partial charge in [0.25, 0.3) is 0 Å². The van der Waals surface area contributed by atoms with Gasteiger partial charge in [0.2, 0.25) is 0 Å². The molecule has 1 rings (SSSR count). The molecule has 0 spiro atoms. The molecule has 1 aromatic rings. The Balaban J connectivity index is 2.39. The van der Waals surface area contributed by atoms with Gasteiger partial charge in [0.15, 0.2) is 0 Å². The van der Waals surface area contributed by atoms with E-state index in [4.69, 9.17) is 0 Å². The van der Waals surface area contributed by atoms with E-state index in [1.165, 1.54) is 12.1 Å². The van der Waals surface area contributed by atoms with Crippen LogP contribution in [0, 0.1) is 17.7 Å². The Hall–Kier alpha value is -2.02. The SMILES string of the molecule is CC#CCCNC(=O)Nc1ccccc1F. The summed E-state index contributed by atoms with van der Waals surface area (Å²) in [5, 5.41) is 4.99. The zero-order chi connectivity index (χ0) is 11.8. The van der Waals surface area contributed by atoms with Gasteiger partial charge in [-0.15, -0.1) is 11.8 Å². The van der Waals surface area contributed by atoms with Gasteiger partial charge in [-0.1, -0.05) is 12.1 Å². The number of carbonyl (C=O) groups is 1. The summed E-state index contributed by atoms with van der Waals surface area (Å²) in [6.45, 7) is 2.18. The van der Waals surface area contributed by atoms with Crippen LogP contribution in [0.1, 0.15) is 13.3 Å². The average molecular weight is 220 g/mol. The smallest absolute Gasteiger partial charge is 0.319 e. The van der Waals surface area contributed by atoms with E-state index in [0.717, 1.165) is 0 Å². The standard InChI is InChI=1S/C12H13FN2O/c1-2-3-6-9-14-12(16)15-11-8-5-4-7-10(11)13/h4-5,7-8H,6,9H2,1H3,(H2,14,15,16). The predicted octanol–water partition coefficient (Wildman–Crippen LogP) is 2.36. The van der Waals surface area contributed by atoms with Crippen molar-refractivity contribution in [2.24, 2.45) is 0 Å². The van der Waals surface area contributed by atoms with Crippen molar-refractivity contribution in [1.82, 2.24) is 5.32 Å². The van der Waals surface area contributed by atoms with E-state index in [1.807, 2.05) is 0 Å². The number of urea groups is 1. The molecule has 0 aliphatic rings. The largest absolute Gasteiger partial charge is 0.337 e. The Morgan fingerprint density at radius 1 is 1.44 bits per heavy atom. The van der Waals surface area contributed by atoms with Gasteiger partial charge >= 0.3 is 6.03 Å². The summed E-state index contributed by atoms with van der Waals surface area (Å²) < 4.78 is 13.1. The molecule has 0 heterocycles. The molecule has 0 fully saturated rings. The van der Waals surface area contributed by atoms with Crippen molar-refractivity contribution in [2.75, 3.05) is 11.9 Å². The average Bonchev–Trinajstić information content (AvgIpc) is 2.28. The van der Waals surface area contributed by atoms with Crippen LogP contribution in [0.2, 0.25) is 0 Å². The fraction of sp³-hybridized carbons (Fsp3) is 0.250. The maximum atomic E-state index is 13.1. The fourth-order valence-electron chi connectivity index (χ4n) is 1.09. The van der Waals surface area contributed by atoms with Crippen molar-refractivity contribution < 1.29 is 9.18 Å². The molecule has 1 aromatic carbocycles. The molecule has 0 aliphatic heterocycles. The third-order valence-corrected chi connectivity index (χ3v) is 1.83. The minimum absolute atomic E-state index is 0.168. The van der Waals surface area contributed by atoms with Crippen LogP contribution < -0.4 is 10.6 Å². The van der Waals surface area contributed by atoms with E-state index >= 15 is 0 Å². The van der Waals surface area contributed by atoms with Gasteiger partial charge < -0.3 is 10.6 Å². The molecule has 0 unspecified atom stereocenters. The maximum Gasteiger partial charge on any atom is 0.319 e. The Bertz CT molecular complexity index is 421. The number of halogens is 1. The molecule has 0 saturated heterocycles. The van der Waals surface area contributed by atoms with Crippen LogP contribution in [0.15, 0.2) is 24.3 Å². The summed E-state index contributed by atoms with van der Waals surface area (Å²) in [6.07, 6.45) is 0.585. The first-order chi connectivity index (χ1) is 7.74. The van der Waals surface area contributed by atoms with E-state index < -0.39 is 11.8 Å². The number of benzene rings is 1. The zero-order valence-corrected chi connectivity index (χ0v) is 9.01. The molecule has 2 amide bonds. The van der Waals surface area contributed by atoms with Crippen molar-refractivity contribution in [3.05, 3.63) is 30.1 Å². The predicted molar refractivity (Wildman–Crippen MR) is 61.5 cm³/mol. The molecule has 0 aromatic heterocycles. The molecule has 0 aliphatic carbocycles. The summed E-state index contributed by atoms with van der Waals surface area (Å²) in [5.41, 5.74) is 0.168. The third kappa shape index (κ3) is 4.01. The molecule has 16 heavy (non-hydrogen) atoms. The van der Waals surface area contributed by atoms with Crippen LogP contribution >= 0.6 is 0 Å². The molecule has 3 nitrogen and oxygen atoms in total. The first-order valence-corrected chi connectivity index (χ1v) is 4.93. The highest BCUT2D eigenvalue weighted by molar-refractivity contribution is 5.89. The number of amides is 2. The minimum Gasteiger partial charge on any atom is -0.337 e. The first-order valence-electron chi connectivity index (χ1n) is 4.93. The van der Waals surface area contributed by atoms with E-state index in [2.05, 4.69) is 22.5 Å². The highest BCUT2D eigenvalue weighted by atomic mass is 19.1. The van der Waals surface area contributed by atoms with Crippen LogP contribution in [-0.2, 0) is 0 Å². The first kappa shape index (κ1) is 12.1. The highest BCUT2D eigenvalue weighted by Crippen LogP contribution is 2.11. The second-order valence-electron chi connectivity index (χ2n) is 3.04. The highest BCUT2D eigenvalue weighted by Gasteiger charge is 2.04. The second kappa shape index (κ2) is 6.46. The van der Waals surface area contributed by atoms with Gasteiger partial charge in [-0.25, -0.2) is 9.18 Å². The monoisotopic (exact) mass is 220 g/mol. The molecular formula is C12H13FN2O. The Labute approximate surface area is 94.0 Å². The van der Waals surface area contributed by atoms with Crippen LogP contribution in [0.25, 0.3) is 0 Å². The van der Waals surface area contributed by atoms with Crippen LogP contribution in [0.5, 0.6) is 0 Å². The summed E-state index contributed by atoms with van der Waals surface area (Å²) in [5.74, 6) is 5.08. The second-order valence-corrected chi connectivity index (χ2v) is 3.04. The van der Waals surface area contributed by atoms with Gasteiger partial charge in [-0.2, -0.15) is 0 Å². The van der Waals surface area contributed by atoms with Crippen LogP contribution in [-0.4, -0.2) is 12.6 Å². The van der Waals surface area contributed by atoms with Crippen molar-refractivity contribution in [1.29, 1.82) is 0 Å². The summed E-state index contributed by atoms with van der Waals surface area (Å²) in [4.78, 5) is 11.3. The van der Waals surface area contributed by atoms with E-state index in [-0.39, 0.29) is 5.69 Å². The van der Waals surface area contributed by atoms with E-state index in [0.29, 0.717) is 13.0 Å². The normalized spacial score (nSPS) is 8.88. The van der Waals surface area contributed by atoms with E-state index in [1.54, 1.807) is 19.1 Å². The number of hydrogen-bond donors (Lipinski definition) is 2. The fourth-order valence-corrected chi connectivity index (χ4v) is 1.09. The molecule has 4 heteroatoms.